The van der Waals surface area contributed by atoms with Crippen LogP contribution < -0.4 is 10.6 Å². The number of ether oxygens (including phenoxy) is 1. The lowest BCUT2D eigenvalue weighted by molar-refractivity contribution is -0.130. The number of nitrogens with one attached hydrogen (secondary N) is 2. The van der Waals surface area contributed by atoms with Crippen molar-refractivity contribution in [2.45, 2.75) is 12.5 Å². The Balaban J connectivity index is 1.95. The molecule has 0 saturated carbocycles. The number of hydrogen-bond acceptors (Lipinski definition) is 3. The first kappa shape index (κ1) is 15.4. The molecule has 1 aliphatic heterocycles. The maximum absolute atomic E-state index is 11.9. The molecular formula is C12H13Br3N2O2. The Morgan fingerprint density at radius 1 is 1.37 bits per heavy atom. The van der Waals surface area contributed by atoms with Crippen molar-refractivity contribution in [2.75, 3.05) is 25.0 Å². The van der Waals surface area contributed by atoms with E-state index in [1.807, 2.05) is 19.1 Å². The van der Waals surface area contributed by atoms with Crippen molar-refractivity contribution in [3.05, 3.63) is 25.6 Å². The standard InChI is InChI=1S/C12H13Br3N2O2/c1-12(5-16-6-12)19-4-10(18)17-11-8(14)2-7(13)3-9(11)15/h2-3,16H,4-6H2,1H3,(H,17,18). The van der Waals surface area contributed by atoms with E-state index >= 15 is 0 Å². The minimum absolute atomic E-state index is 0.0487. The Morgan fingerprint density at radius 3 is 2.42 bits per heavy atom. The summed E-state index contributed by atoms with van der Waals surface area (Å²) in [5.41, 5.74) is 0.486. The molecule has 0 atom stereocenters. The van der Waals surface area contributed by atoms with Crippen molar-refractivity contribution in [3.63, 3.8) is 0 Å². The van der Waals surface area contributed by atoms with E-state index in [-0.39, 0.29) is 18.1 Å². The topological polar surface area (TPSA) is 50.4 Å². The molecule has 1 aromatic carbocycles. The zero-order valence-electron chi connectivity index (χ0n) is 10.2. The highest BCUT2D eigenvalue weighted by Gasteiger charge is 2.33. The van der Waals surface area contributed by atoms with Crippen LogP contribution in [-0.2, 0) is 9.53 Å². The average molecular weight is 457 g/mol. The van der Waals surface area contributed by atoms with E-state index in [2.05, 4.69) is 58.4 Å². The molecule has 1 heterocycles. The summed E-state index contributed by atoms with van der Waals surface area (Å²) in [4.78, 5) is 11.9. The molecule has 2 N–H and O–H groups in total. The van der Waals surface area contributed by atoms with Gasteiger partial charge in [0.25, 0.3) is 0 Å². The molecule has 1 fully saturated rings. The third kappa shape index (κ3) is 4.01. The zero-order chi connectivity index (χ0) is 14.0. The summed E-state index contributed by atoms with van der Waals surface area (Å²) in [5.74, 6) is -0.170. The van der Waals surface area contributed by atoms with Crippen LogP contribution in [0, 0.1) is 0 Å². The van der Waals surface area contributed by atoms with Crippen LogP contribution in [0.5, 0.6) is 0 Å². The van der Waals surface area contributed by atoms with Gasteiger partial charge in [-0.05, 0) is 50.9 Å². The molecule has 0 aromatic heterocycles. The Bertz CT molecular complexity index is 481. The lowest BCUT2D eigenvalue weighted by Crippen LogP contribution is -2.59. The highest BCUT2D eigenvalue weighted by molar-refractivity contribution is 9.11. The molecule has 4 nitrogen and oxygen atoms in total. The van der Waals surface area contributed by atoms with Gasteiger partial charge >= 0.3 is 0 Å². The molecule has 0 bridgehead atoms. The number of halogens is 3. The van der Waals surface area contributed by atoms with Crippen molar-refractivity contribution in [1.82, 2.24) is 5.32 Å². The number of benzene rings is 1. The summed E-state index contributed by atoms with van der Waals surface area (Å²) >= 11 is 10.2. The molecule has 0 spiro atoms. The molecular weight excluding hydrogens is 444 g/mol. The molecule has 19 heavy (non-hydrogen) atoms. The summed E-state index contributed by atoms with van der Waals surface area (Å²) in [6.07, 6.45) is 0. The maximum atomic E-state index is 11.9. The first-order chi connectivity index (χ1) is 8.89. The summed E-state index contributed by atoms with van der Waals surface area (Å²) in [7, 11) is 0. The van der Waals surface area contributed by atoms with Gasteiger partial charge in [0.2, 0.25) is 5.91 Å². The molecule has 104 valence electrons. The summed E-state index contributed by atoms with van der Waals surface area (Å²) in [5, 5.41) is 5.95. The minimum atomic E-state index is -0.217. The summed E-state index contributed by atoms with van der Waals surface area (Å²) < 4.78 is 8.12. The normalized spacial score (nSPS) is 16.8. The third-order valence-corrected chi connectivity index (χ3v) is 4.53. The fourth-order valence-electron chi connectivity index (χ4n) is 1.66. The number of carbonyl (C=O) groups is 1. The highest BCUT2D eigenvalue weighted by Crippen LogP contribution is 2.34. The van der Waals surface area contributed by atoms with Crippen LogP contribution in [0.3, 0.4) is 0 Å². The summed E-state index contributed by atoms with van der Waals surface area (Å²) in [6, 6.07) is 3.75. The van der Waals surface area contributed by atoms with Gasteiger partial charge in [0, 0.05) is 26.5 Å². The van der Waals surface area contributed by atoms with E-state index in [9.17, 15) is 4.79 Å². The highest BCUT2D eigenvalue weighted by atomic mass is 79.9. The Labute approximate surface area is 137 Å². The largest absolute Gasteiger partial charge is 0.363 e. The smallest absolute Gasteiger partial charge is 0.250 e. The minimum Gasteiger partial charge on any atom is -0.363 e. The van der Waals surface area contributed by atoms with Crippen LogP contribution in [0.15, 0.2) is 25.6 Å². The molecule has 0 radical (unpaired) electrons. The maximum Gasteiger partial charge on any atom is 0.250 e. The van der Waals surface area contributed by atoms with Gasteiger partial charge in [0.15, 0.2) is 0 Å². The van der Waals surface area contributed by atoms with Gasteiger partial charge < -0.3 is 15.4 Å². The molecule has 0 aliphatic carbocycles. The lowest BCUT2D eigenvalue weighted by atomic mass is 10.0. The first-order valence-corrected chi connectivity index (χ1v) is 8.07. The van der Waals surface area contributed by atoms with Gasteiger partial charge in [0.1, 0.15) is 6.61 Å². The monoisotopic (exact) mass is 454 g/mol. The van der Waals surface area contributed by atoms with Crippen molar-refractivity contribution in [3.8, 4) is 0 Å². The van der Waals surface area contributed by atoms with Crippen LogP contribution in [0.4, 0.5) is 5.69 Å². The van der Waals surface area contributed by atoms with Gasteiger partial charge in [0.05, 0.1) is 11.3 Å². The second-order valence-electron chi connectivity index (χ2n) is 4.63. The van der Waals surface area contributed by atoms with Crippen molar-refractivity contribution in [1.29, 1.82) is 0 Å². The van der Waals surface area contributed by atoms with Crippen molar-refractivity contribution >= 4 is 59.4 Å². The third-order valence-electron chi connectivity index (χ3n) is 2.82. The SMILES string of the molecule is CC1(OCC(=O)Nc2c(Br)cc(Br)cc2Br)CNC1. The van der Waals surface area contributed by atoms with E-state index in [1.165, 1.54) is 0 Å². The van der Waals surface area contributed by atoms with Gasteiger partial charge in [-0.25, -0.2) is 0 Å². The van der Waals surface area contributed by atoms with Crippen molar-refractivity contribution in [2.24, 2.45) is 0 Å². The predicted octanol–water partition coefficient (Wildman–Crippen LogP) is 3.29. The lowest BCUT2D eigenvalue weighted by Gasteiger charge is -2.38. The van der Waals surface area contributed by atoms with Crippen LogP contribution in [0.25, 0.3) is 0 Å². The number of amides is 1. The number of anilines is 1. The Hall–Kier alpha value is 0.0500. The van der Waals surface area contributed by atoms with Gasteiger partial charge in [-0.1, -0.05) is 15.9 Å². The van der Waals surface area contributed by atoms with Gasteiger partial charge in [-0.2, -0.15) is 0 Å². The molecule has 1 saturated heterocycles. The molecule has 2 rings (SSSR count). The Morgan fingerprint density at radius 2 is 1.95 bits per heavy atom. The second kappa shape index (κ2) is 6.22. The molecule has 1 amide bonds. The van der Waals surface area contributed by atoms with Crippen molar-refractivity contribution < 1.29 is 9.53 Å². The zero-order valence-corrected chi connectivity index (χ0v) is 15.0. The van der Waals surface area contributed by atoms with Crippen LogP contribution in [0.1, 0.15) is 6.92 Å². The number of hydrogen-bond donors (Lipinski definition) is 2. The fourth-order valence-corrected chi connectivity index (χ4v) is 4.11. The molecule has 1 aliphatic rings. The van der Waals surface area contributed by atoms with Gasteiger partial charge in [-0.3, -0.25) is 4.79 Å². The van der Waals surface area contributed by atoms with Crippen LogP contribution in [0.2, 0.25) is 0 Å². The first-order valence-electron chi connectivity index (χ1n) is 5.69. The predicted molar refractivity (Wildman–Crippen MR) is 85.4 cm³/mol. The van der Waals surface area contributed by atoms with E-state index in [1.54, 1.807) is 0 Å². The molecule has 0 unspecified atom stereocenters. The van der Waals surface area contributed by atoms with Crippen LogP contribution in [-0.4, -0.2) is 31.2 Å². The van der Waals surface area contributed by atoms with E-state index in [4.69, 9.17) is 4.74 Å². The number of carbonyl (C=O) groups excluding carboxylic acids is 1. The fraction of sp³-hybridized carbons (Fsp3) is 0.417. The quantitative estimate of drug-likeness (QED) is 0.731. The molecule has 1 aromatic rings. The Kier molecular flexibility index (Phi) is 5.05. The van der Waals surface area contributed by atoms with E-state index < -0.39 is 0 Å². The summed E-state index contributed by atoms with van der Waals surface area (Å²) in [6.45, 7) is 3.60. The molecule has 7 heteroatoms. The van der Waals surface area contributed by atoms with Crippen LogP contribution >= 0.6 is 47.8 Å². The van der Waals surface area contributed by atoms with E-state index in [0.717, 1.165) is 26.5 Å². The van der Waals surface area contributed by atoms with E-state index in [0.29, 0.717) is 5.69 Å². The van der Waals surface area contributed by atoms with Gasteiger partial charge in [-0.15, -0.1) is 0 Å². The second-order valence-corrected chi connectivity index (χ2v) is 7.26. The average Bonchev–Trinajstić information content (AvgIpc) is 2.28. The number of rotatable bonds is 4.